The molecule has 146 valence electrons. The summed E-state index contributed by atoms with van der Waals surface area (Å²) in [5.41, 5.74) is 1.61. The number of pyridine rings is 1. The first-order chi connectivity index (χ1) is 12.1. The summed E-state index contributed by atoms with van der Waals surface area (Å²) in [5.74, 6) is 0.420. The third-order valence-corrected chi connectivity index (χ3v) is 4.72. The molecule has 2 rings (SSSR count). The molecular weight excluding hydrogens is 330 g/mol. The van der Waals surface area contributed by atoms with Crippen LogP contribution in [-0.4, -0.2) is 53.2 Å². The van der Waals surface area contributed by atoms with Crippen LogP contribution in [0.2, 0.25) is 0 Å². The van der Waals surface area contributed by atoms with Crippen LogP contribution >= 0.6 is 0 Å². The summed E-state index contributed by atoms with van der Waals surface area (Å²) < 4.78 is 5.38. The van der Waals surface area contributed by atoms with Crippen LogP contribution in [0.25, 0.3) is 0 Å². The lowest BCUT2D eigenvalue weighted by molar-refractivity contribution is -0.158. The van der Waals surface area contributed by atoms with Crippen LogP contribution in [-0.2, 0) is 11.3 Å². The summed E-state index contributed by atoms with van der Waals surface area (Å²) >= 11 is 0. The highest BCUT2D eigenvalue weighted by molar-refractivity contribution is 5.86. The van der Waals surface area contributed by atoms with E-state index < -0.39 is 5.60 Å². The first-order valence-corrected chi connectivity index (χ1v) is 9.29. The summed E-state index contributed by atoms with van der Waals surface area (Å²) in [4.78, 5) is 19.0. The van der Waals surface area contributed by atoms with Gasteiger partial charge in [-0.2, -0.15) is 0 Å². The van der Waals surface area contributed by atoms with Crippen LogP contribution in [0.4, 0.5) is 0 Å². The van der Waals surface area contributed by atoms with E-state index in [0.717, 1.165) is 23.2 Å². The topological polar surface area (TPSA) is 74.7 Å². The van der Waals surface area contributed by atoms with Crippen LogP contribution in [0, 0.1) is 19.3 Å². The minimum Gasteiger partial charge on any atom is -0.481 e. The third-order valence-electron chi connectivity index (χ3n) is 4.72. The van der Waals surface area contributed by atoms with Crippen LogP contribution < -0.4 is 10.1 Å². The van der Waals surface area contributed by atoms with Gasteiger partial charge in [-0.1, -0.05) is 20.8 Å². The number of aromatic nitrogens is 1. The number of nitrogens with one attached hydrogen (secondary N) is 1. The molecule has 0 radical (unpaired) electrons. The zero-order chi connectivity index (χ0) is 19.5. The Morgan fingerprint density at radius 2 is 2.08 bits per heavy atom. The molecule has 0 aliphatic carbocycles. The van der Waals surface area contributed by atoms with Crippen molar-refractivity contribution in [2.45, 2.75) is 59.6 Å². The quantitative estimate of drug-likeness (QED) is 0.810. The number of methoxy groups -OCH3 is 1. The van der Waals surface area contributed by atoms with Crippen molar-refractivity contribution < 1.29 is 14.6 Å². The molecule has 1 aromatic rings. The van der Waals surface area contributed by atoms with Crippen molar-refractivity contribution in [3.05, 3.63) is 22.9 Å². The molecule has 0 saturated carbocycles. The van der Waals surface area contributed by atoms with Gasteiger partial charge in [0.2, 0.25) is 5.88 Å². The number of aryl methyl sites for hydroxylation is 2. The van der Waals surface area contributed by atoms with Crippen molar-refractivity contribution >= 4 is 5.91 Å². The second-order valence-corrected chi connectivity index (χ2v) is 8.59. The number of aliphatic hydroxyl groups is 1. The summed E-state index contributed by atoms with van der Waals surface area (Å²) in [6.07, 6.45) is 1.30. The van der Waals surface area contributed by atoms with Gasteiger partial charge >= 0.3 is 0 Å². The maximum Gasteiger partial charge on any atom is 0.255 e. The minimum absolute atomic E-state index is 0.0133. The molecule has 26 heavy (non-hydrogen) atoms. The summed E-state index contributed by atoms with van der Waals surface area (Å²) in [5, 5.41) is 14.2. The van der Waals surface area contributed by atoms with Gasteiger partial charge in [0, 0.05) is 37.4 Å². The van der Waals surface area contributed by atoms with E-state index in [1.807, 2.05) is 19.9 Å². The van der Waals surface area contributed by atoms with E-state index in [1.165, 1.54) is 0 Å². The van der Waals surface area contributed by atoms with Gasteiger partial charge in [0.1, 0.15) is 0 Å². The molecule has 0 unspecified atom stereocenters. The number of carbonyl (C=O) groups is 1. The van der Waals surface area contributed by atoms with E-state index in [1.54, 1.807) is 12.0 Å². The van der Waals surface area contributed by atoms with E-state index in [2.05, 4.69) is 31.1 Å². The zero-order valence-electron chi connectivity index (χ0n) is 17.0. The molecule has 6 nitrogen and oxygen atoms in total. The Balaban J connectivity index is 2.03. The van der Waals surface area contributed by atoms with E-state index >= 15 is 0 Å². The average Bonchev–Trinajstić information content (AvgIpc) is 2.52. The fraction of sp³-hybridized carbons (Fsp3) is 0.700. The number of hydrogen-bond acceptors (Lipinski definition) is 5. The largest absolute Gasteiger partial charge is 0.481 e. The van der Waals surface area contributed by atoms with Crippen molar-refractivity contribution in [3.8, 4) is 5.88 Å². The van der Waals surface area contributed by atoms with Gasteiger partial charge in [-0.05, 0) is 43.7 Å². The Morgan fingerprint density at radius 3 is 2.69 bits per heavy atom. The van der Waals surface area contributed by atoms with Gasteiger partial charge in [0.15, 0.2) is 5.60 Å². The fourth-order valence-electron chi connectivity index (χ4n) is 3.56. The van der Waals surface area contributed by atoms with Crippen molar-refractivity contribution in [3.63, 3.8) is 0 Å². The van der Waals surface area contributed by atoms with Crippen LogP contribution in [0.5, 0.6) is 5.88 Å². The molecule has 1 aliphatic rings. The summed E-state index contributed by atoms with van der Waals surface area (Å²) in [6.45, 7) is 12.3. The van der Waals surface area contributed by atoms with Crippen LogP contribution in [0.3, 0.4) is 0 Å². The normalized spacial score (nSPS) is 21.2. The van der Waals surface area contributed by atoms with Crippen molar-refractivity contribution in [2.24, 2.45) is 5.41 Å². The van der Waals surface area contributed by atoms with Gasteiger partial charge in [0.25, 0.3) is 5.91 Å². The van der Waals surface area contributed by atoms with E-state index in [-0.39, 0.29) is 17.9 Å². The SMILES string of the molecule is COc1nc(C)cc(C)c1CNC[C@@]1(O)CCCN(CC(C)(C)C)C1=O. The number of rotatable bonds is 6. The zero-order valence-corrected chi connectivity index (χ0v) is 17.0. The Bertz CT molecular complexity index is 654. The monoisotopic (exact) mass is 363 g/mol. The smallest absolute Gasteiger partial charge is 0.255 e. The number of piperidine rings is 1. The maximum atomic E-state index is 12.8. The minimum atomic E-state index is -1.34. The second kappa shape index (κ2) is 7.92. The lowest BCUT2D eigenvalue weighted by atomic mass is 9.88. The van der Waals surface area contributed by atoms with Gasteiger partial charge < -0.3 is 20.1 Å². The fourth-order valence-corrected chi connectivity index (χ4v) is 3.56. The number of amides is 1. The molecule has 2 N–H and O–H groups in total. The number of ether oxygens (including phenoxy) is 1. The van der Waals surface area contributed by atoms with Crippen molar-refractivity contribution in [2.75, 3.05) is 26.7 Å². The maximum absolute atomic E-state index is 12.8. The van der Waals surface area contributed by atoms with Gasteiger partial charge in [0.05, 0.1) is 7.11 Å². The molecule has 1 aromatic heterocycles. The molecule has 1 saturated heterocycles. The Labute approximate surface area is 156 Å². The van der Waals surface area contributed by atoms with Gasteiger partial charge in [-0.25, -0.2) is 4.98 Å². The molecule has 1 atom stereocenters. The highest BCUT2D eigenvalue weighted by Crippen LogP contribution is 2.26. The molecule has 1 aliphatic heterocycles. The Morgan fingerprint density at radius 1 is 1.38 bits per heavy atom. The average molecular weight is 364 g/mol. The lowest BCUT2D eigenvalue weighted by Crippen LogP contribution is -2.59. The molecular formula is C20H33N3O3. The van der Waals surface area contributed by atoms with Gasteiger partial charge in [-0.15, -0.1) is 0 Å². The predicted octanol–water partition coefficient (Wildman–Crippen LogP) is 2.20. The Hall–Kier alpha value is -1.66. The standard InChI is InChI=1S/C20H33N3O3/c1-14-10-15(2)22-17(26-6)16(14)11-21-12-20(25)8-7-9-23(18(20)24)13-19(3,4)5/h10,21,25H,7-9,11-13H2,1-6H3/t20-/m0/s1. The molecule has 1 fully saturated rings. The molecule has 0 spiro atoms. The first kappa shape index (κ1) is 20.6. The van der Waals surface area contributed by atoms with Crippen molar-refractivity contribution in [1.82, 2.24) is 15.2 Å². The summed E-state index contributed by atoms with van der Waals surface area (Å²) in [7, 11) is 1.60. The molecule has 2 heterocycles. The first-order valence-electron chi connectivity index (χ1n) is 9.29. The van der Waals surface area contributed by atoms with E-state index in [9.17, 15) is 9.90 Å². The van der Waals surface area contributed by atoms with E-state index in [4.69, 9.17) is 4.74 Å². The highest BCUT2D eigenvalue weighted by atomic mass is 16.5. The molecule has 1 amide bonds. The predicted molar refractivity (Wildman–Crippen MR) is 102 cm³/mol. The number of carbonyl (C=O) groups excluding carboxylic acids is 1. The van der Waals surface area contributed by atoms with Gasteiger partial charge in [-0.3, -0.25) is 4.79 Å². The summed E-state index contributed by atoms with van der Waals surface area (Å²) in [6, 6.07) is 2.01. The highest BCUT2D eigenvalue weighted by Gasteiger charge is 2.42. The molecule has 0 bridgehead atoms. The van der Waals surface area contributed by atoms with Crippen LogP contribution in [0.15, 0.2) is 6.07 Å². The second-order valence-electron chi connectivity index (χ2n) is 8.59. The van der Waals surface area contributed by atoms with Crippen LogP contribution in [0.1, 0.15) is 50.4 Å². The van der Waals surface area contributed by atoms with E-state index in [0.29, 0.717) is 31.9 Å². The third kappa shape index (κ3) is 4.95. The number of hydrogen-bond donors (Lipinski definition) is 2. The Kier molecular flexibility index (Phi) is 6.29. The lowest BCUT2D eigenvalue weighted by Gasteiger charge is -2.41. The number of nitrogens with zero attached hydrogens (tertiary/aromatic N) is 2. The molecule has 6 heteroatoms. The molecule has 0 aromatic carbocycles. The van der Waals surface area contributed by atoms with Crippen molar-refractivity contribution in [1.29, 1.82) is 0 Å². The number of likely N-dealkylation sites (tertiary alicyclic amines) is 1.